The molecule has 0 unspecified atom stereocenters. The number of hydrogen-bond acceptors (Lipinski definition) is 6. The van der Waals surface area contributed by atoms with E-state index >= 15 is 0 Å². The molecule has 26 heavy (non-hydrogen) atoms. The predicted molar refractivity (Wildman–Crippen MR) is 110 cm³/mol. The summed E-state index contributed by atoms with van der Waals surface area (Å²) in [7, 11) is 1.57. The SMILES string of the molecule is COc1cccc(NC(=O)CCN2C(=O)/C(=C\c3cccs3)SC2=S)c1. The Kier molecular flexibility index (Phi) is 6.08. The number of hydrogen-bond donors (Lipinski definition) is 1. The molecular formula is C18H16N2O3S3. The van der Waals surface area contributed by atoms with E-state index in [1.807, 2.05) is 23.6 Å². The molecule has 1 aliphatic rings. The van der Waals surface area contributed by atoms with Gasteiger partial charge in [0.25, 0.3) is 5.91 Å². The summed E-state index contributed by atoms with van der Waals surface area (Å²) in [5, 5.41) is 4.75. The zero-order valence-corrected chi connectivity index (χ0v) is 16.4. The molecule has 0 bridgehead atoms. The van der Waals surface area contributed by atoms with E-state index < -0.39 is 0 Å². The number of rotatable bonds is 6. The van der Waals surface area contributed by atoms with E-state index in [-0.39, 0.29) is 24.8 Å². The predicted octanol–water partition coefficient (Wildman–Crippen LogP) is 3.99. The second kappa shape index (κ2) is 8.48. The number of amides is 2. The summed E-state index contributed by atoms with van der Waals surface area (Å²) >= 11 is 8.11. The lowest BCUT2D eigenvalue weighted by molar-refractivity contribution is -0.122. The third-order valence-corrected chi connectivity index (χ3v) is 5.80. The number of carbonyl (C=O) groups is 2. The maximum atomic E-state index is 12.5. The lowest BCUT2D eigenvalue weighted by atomic mass is 10.3. The highest BCUT2D eigenvalue weighted by molar-refractivity contribution is 8.26. The first kappa shape index (κ1) is 18.6. The molecule has 0 radical (unpaired) electrons. The minimum atomic E-state index is -0.186. The number of carbonyl (C=O) groups excluding carboxylic acids is 2. The van der Waals surface area contributed by atoms with Gasteiger partial charge in [-0.05, 0) is 29.7 Å². The summed E-state index contributed by atoms with van der Waals surface area (Å²) in [5.74, 6) is 0.329. The molecule has 1 aliphatic heterocycles. The minimum Gasteiger partial charge on any atom is -0.497 e. The average Bonchev–Trinajstić information content (AvgIpc) is 3.22. The second-order valence-corrected chi connectivity index (χ2v) is 8.03. The van der Waals surface area contributed by atoms with Gasteiger partial charge in [0.1, 0.15) is 10.1 Å². The van der Waals surface area contributed by atoms with Crippen molar-refractivity contribution in [3.05, 3.63) is 51.6 Å². The fourth-order valence-corrected chi connectivity index (χ4v) is 4.36. The van der Waals surface area contributed by atoms with E-state index in [0.29, 0.717) is 20.7 Å². The van der Waals surface area contributed by atoms with E-state index in [4.69, 9.17) is 17.0 Å². The lowest BCUT2D eigenvalue weighted by Gasteiger charge is -2.14. The number of thiocarbonyl (C=S) groups is 1. The molecular weight excluding hydrogens is 388 g/mol. The summed E-state index contributed by atoms with van der Waals surface area (Å²) in [4.78, 5) is 27.7. The van der Waals surface area contributed by atoms with Gasteiger partial charge >= 0.3 is 0 Å². The number of nitrogens with one attached hydrogen (secondary N) is 1. The van der Waals surface area contributed by atoms with Gasteiger partial charge in [-0.25, -0.2) is 0 Å². The Morgan fingerprint density at radius 1 is 1.35 bits per heavy atom. The van der Waals surface area contributed by atoms with E-state index in [9.17, 15) is 9.59 Å². The molecule has 2 heterocycles. The number of anilines is 1. The Morgan fingerprint density at radius 3 is 2.92 bits per heavy atom. The molecule has 1 fully saturated rings. The van der Waals surface area contributed by atoms with Gasteiger partial charge in [0, 0.05) is 29.6 Å². The van der Waals surface area contributed by atoms with Gasteiger partial charge in [0.05, 0.1) is 12.0 Å². The van der Waals surface area contributed by atoms with Gasteiger partial charge < -0.3 is 10.1 Å². The number of thioether (sulfide) groups is 1. The normalized spacial score (nSPS) is 15.6. The van der Waals surface area contributed by atoms with Gasteiger partial charge in [-0.1, -0.05) is 36.1 Å². The number of thiophene rings is 1. The van der Waals surface area contributed by atoms with Gasteiger partial charge in [-0.15, -0.1) is 11.3 Å². The molecule has 1 aromatic heterocycles. The van der Waals surface area contributed by atoms with Crippen LogP contribution in [0.2, 0.25) is 0 Å². The van der Waals surface area contributed by atoms with Crippen LogP contribution in [0.15, 0.2) is 46.7 Å². The zero-order chi connectivity index (χ0) is 18.5. The molecule has 0 atom stereocenters. The third kappa shape index (κ3) is 4.51. The Labute approximate surface area is 165 Å². The van der Waals surface area contributed by atoms with Gasteiger partial charge in [-0.3, -0.25) is 14.5 Å². The van der Waals surface area contributed by atoms with Crippen molar-refractivity contribution in [2.24, 2.45) is 0 Å². The van der Waals surface area contributed by atoms with Crippen molar-refractivity contribution >= 4 is 63.2 Å². The maximum absolute atomic E-state index is 12.5. The zero-order valence-electron chi connectivity index (χ0n) is 13.9. The van der Waals surface area contributed by atoms with Crippen LogP contribution in [-0.4, -0.2) is 34.7 Å². The molecule has 0 spiro atoms. The minimum absolute atomic E-state index is 0.150. The smallest absolute Gasteiger partial charge is 0.266 e. The molecule has 1 saturated heterocycles. The van der Waals surface area contributed by atoms with Crippen molar-refractivity contribution in [1.82, 2.24) is 4.90 Å². The average molecular weight is 405 g/mol. The quantitative estimate of drug-likeness (QED) is 0.583. The van der Waals surface area contributed by atoms with Gasteiger partial charge in [-0.2, -0.15) is 0 Å². The molecule has 0 saturated carbocycles. The van der Waals surface area contributed by atoms with Crippen molar-refractivity contribution in [3.63, 3.8) is 0 Å². The van der Waals surface area contributed by atoms with E-state index in [0.717, 1.165) is 4.88 Å². The fourth-order valence-electron chi connectivity index (χ4n) is 2.33. The number of nitrogens with zero attached hydrogens (tertiary/aromatic N) is 1. The maximum Gasteiger partial charge on any atom is 0.266 e. The highest BCUT2D eigenvalue weighted by Gasteiger charge is 2.32. The summed E-state index contributed by atoms with van der Waals surface area (Å²) in [6, 6.07) is 11.0. The van der Waals surface area contributed by atoms with Crippen molar-refractivity contribution in [3.8, 4) is 5.75 Å². The molecule has 2 aromatic rings. The molecule has 2 amide bonds. The molecule has 1 N–H and O–H groups in total. The first-order valence-corrected chi connectivity index (χ1v) is 9.90. The van der Waals surface area contributed by atoms with Crippen LogP contribution >= 0.6 is 35.3 Å². The molecule has 8 heteroatoms. The lowest BCUT2D eigenvalue weighted by Crippen LogP contribution is -2.31. The highest BCUT2D eigenvalue weighted by atomic mass is 32.2. The molecule has 1 aromatic carbocycles. The third-order valence-electron chi connectivity index (χ3n) is 3.61. The number of methoxy groups -OCH3 is 1. The Bertz CT molecular complexity index is 862. The topological polar surface area (TPSA) is 58.6 Å². The number of ether oxygens (including phenoxy) is 1. The van der Waals surface area contributed by atoms with Gasteiger partial charge in [0.15, 0.2) is 0 Å². The van der Waals surface area contributed by atoms with E-state index in [1.54, 1.807) is 42.7 Å². The molecule has 0 aliphatic carbocycles. The Morgan fingerprint density at radius 2 is 2.19 bits per heavy atom. The molecule has 5 nitrogen and oxygen atoms in total. The van der Waals surface area contributed by atoms with Gasteiger partial charge in [0.2, 0.25) is 5.91 Å². The van der Waals surface area contributed by atoms with E-state index in [2.05, 4.69) is 5.32 Å². The van der Waals surface area contributed by atoms with Crippen molar-refractivity contribution < 1.29 is 14.3 Å². The van der Waals surface area contributed by atoms with Crippen LogP contribution in [0.5, 0.6) is 5.75 Å². The fraction of sp³-hybridized carbons (Fsp3) is 0.167. The van der Waals surface area contributed by atoms with Crippen molar-refractivity contribution in [2.75, 3.05) is 19.0 Å². The van der Waals surface area contributed by atoms with Crippen molar-refractivity contribution in [2.45, 2.75) is 6.42 Å². The van der Waals surface area contributed by atoms with Crippen LogP contribution in [0.4, 0.5) is 5.69 Å². The standard InChI is InChI=1S/C18H16N2O3S3/c1-23-13-5-2-4-12(10-13)19-16(21)7-8-20-17(22)15(26-18(20)24)11-14-6-3-9-25-14/h2-6,9-11H,7-8H2,1H3,(H,19,21)/b15-11+. The Hall–Kier alpha value is -2.16. The summed E-state index contributed by atoms with van der Waals surface area (Å²) in [6.07, 6.45) is 2.00. The van der Waals surface area contributed by atoms with Crippen LogP contribution in [0.25, 0.3) is 6.08 Å². The Balaban J connectivity index is 1.57. The summed E-state index contributed by atoms with van der Waals surface area (Å²) < 4.78 is 5.61. The van der Waals surface area contributed by atoms with Crippen LogP contribution in [-0.2, 0) is 9.59 Å². The van der Waals surface area contributed by atoms with Crippen molar-refractivity contribution in [1.29, 1.82) is 0 Å². The van der Waals surface area contributed by atoms with Crippen LogP contribution in [0, 0.1) is 0 Å². The largest absolute Gasteiger partial charge is 0.497 e. The van der Waals surface area contributed by atoms with E-state index in [1.165, 1.54) is 16.7 Å². The first-order chi connectivity index (χ1) is 12.6. The summed E-state index contributed by atoms with van der Waals surface area (Å²) in [5.41, 5.74) is 0.650. The molecule has 134 valence electrons. The van der Waals surface area contributed by atoms with Crippen LogP contribution in [0.1, 0.15) is 11.3 Å². The first-order valence-electron chi connectivity index (χ1n) is 7.79. The van der Waals surface area contributed by atoms with Crippen LogP contribution < -0.4 is 10.1 Å². The number of benzene rings is 1. The van der Waals surface area contributed by atoms with Crippen LogP contribution in [0.3, 0.4) is 0 Å². The summed E-state index contributed by atoms with van der Waals surface area (Å²) in [6.45, 7) is 0.252. The monoisotopic (exact) mass is 404 g/mol. The highest BCUT2D eigenvalue weighted by Crippen LogP contribution is 2.33. The molecule has 3 rings (SSSR count). The second-order valence-electron chi connectivity index (χ2n) is 5.38.